The average Bonchev–Trinajstić information content (AvgIpc) is 3.70. The molecule has 0 radical (unpaired) electrons. The van der Waals surface area contributed by atoms with Gasteiger partial charge >= 0.3 is 0 Å². The Morgan fingerprint density at radius 3 is 1.62 bits per heavy atom. The van der Waals surface area contributed by atoms with Crippen molar-refractivity contribution in [3.8, 4) is 27.9 Å². The van der Waals surface area contributed by atoms with Gasteiger partial charge in [-0.2, -0.15) is 0 Å². The molecule has 50 heavy (non-hydrogen) atoms. The third kappa shape index (κ3) is 3.91. The van der Waals surface area contributed by atoms with E-state index in [1.165, 1.54) is 77.7 Å². The molecule has 0 aliphatic heterocycles. The highest BCUT2D eigenvalue weighted by atomic mass is 15.1. The summed E-state index contributed by atoms with van der Waals surface area (Å²) in [5, 5.41) is 2.55. The van der Waals surface area contributed by atoms with Crippen LogP contribution < -0.4 is 4.90 Å². The van der Waals surface area contributed by atoms with Crippen LogP contribution in [0.25, 0.3) is 49.7 Å². The van der Waals surface area contributed by atoms with E-state index in [9.17, 15) is 0 Å². The van der Waals surface area contributed by atoms with Gasteiger partial charge in [0.1, 0.15) is 0 Å². The zero-order valence-corrected chi connectivity index (χ0v) is 28.9. The SMILES string of the molecule is CC1(C)c2ccccc2-c2cc(N(c3ccc(-n4c5ccccc5c5ccccc54)cc3)c3cccc4c3C(C)(C)c3ccccc3-4)ccc21. The number of hydrogen-bond donors (Lipinski definition) is 0. The summed E-state index contributed by atoms with van der Waals surface area (Å²) < 4.78 is 2.40. The first-order chi connectivity index (χ1) is 24.3. The summed E-state index contributed by atoms with van der Waals surface area (Å²) in [6.07, 6.45) is 0. The number of rotatable bonds is 4. The molecule has 0 saturated carbocycles. The molecule has 2 nitrogen and oxygen atoms in total. The van der Waals surface area contributed by atoms with Gasteiger partial charge in [-0.3, -0.25) is 0 Å². The molecule has 0 amide bonds. The Hall–Kier alpha value is -5.86. The minimum atomic E-state index is -0.158. The van der Waals surface area contributed by atoms with Crippen molar-refractivity contribution < 1.29 is 0 Å². The highest BCUT2D eigenvalue weighted by Crippen LogP contribution is 2.55. The van der Waals surface area contributed by atoms with E-state index in [0.29, 0.717) is 0 Å². The topological polar surface area (TPSA) is 8.17 Å². The summed E-state index contributed by atoms with van der Waals surface area (Å²) in [5.41, 5.74) is 17.8. The molecule has 2 heteroatoms. The summed E-state index contributed by atoms with van der Waals surface area (Å²) in [4.78, 5) is 2.50. The molecule has 0 fully saturated rings. The van der Waals surface area contributed by atoms with Gasteiger partial charge in [0.2, 0.25) is 0 Å². The van der Waals surface area contributed by atoms with E-state index in [-0.39, 0.29) is 10.8 Å². The first-order valence-electron chi connectivity index (χ1n) is 17.7. The van der Waals surface area contributed by atoms with Gasteiger partial charge in [0.25, 0.3) is 0 Å². The predicted molar refractivity (Wildman–Crippen MR) is 211 cm³/mol. The quantitative estimate of drug-likeness (QED) is 0.185. The van der Waals surface area contributed by atoms with Gasteiger partial charge in [-0.15, -0.1) is 0 Å². The summed E-state index contributed by atoms with van der Waals surface area (Å²) in [6, 6.07) is 58.5. The van der Waals surface area contributed by atoms with E-state index in [1.54, 1.807) is 0 Å². The zero-order chi connectivity index (χ0) is 33.8. The van der Waals surface area contributed by atoms with Crippen molar-refractivity contribution in [2.45, 2.75) is 38.5 Å². The predicted octanol–water partition coefficient (Wildman–Crippen LogP) is 12.9. The van der Waals surface area contributed by atoms with Crippen LogP contribution in [0, 0.1) is 0 Å². The van der Waals surface area contributed by atoms with E-state index in [4.69, 9.17) is 0 Å². The normalized spacial score (nSPS) is 14.7. The molecular formula is C48H38N2. The average molecular weight is 643 g/mol. The highest BCUT2D eigenvalue weighted by Gasteiger charge is 2.40. The number of fused-ring (bicyclic) bond motifs is 9. The second-order valence-corrected chi connectivity index (χ2v) is 15.0. The maximum Gasteiger partial charge on any atom is 0.0541 e. The number of aromatic nitrogens is 1. The first-order valence-corrected chi connectivity index (χ1v) is 17.7. The van der Waals surface area contributed by atoms with Crippen molar-refractivity contribution in [2.75, 3.05) is 4.90 Å². The van der Waals surface area contributed by atoms with Gasteiger partial charge in [0.15, 0.2) is 0 Å². The molecule has 2 aliphatic rings. The number of para-hydroxylation sites is 2. The fourth-order valence-electron chi connectivity index (χ4n) is 9.23. The van der Waals surface area contributed by atoms with Crippen LogP contribution >= 0.6 is 0 Å². The Bertz CT molecular complexity index is 2600. The maximum atomic E-state index is 2.50. The Balaban J connectivity index is 1.19. The minimum Gasteiger partial charge on any atom is -0.310 e. The molecule has 0 N–H and O–H groups in total. The van der Waals surface area contributed by atoms with Crippen molar-refractivity contribution >= 4 is 38.9 Å². The zero-order valence-electron chi connectivity index (χ0n) is 28.9. The lowest BCUT2D eigenvalue weighted by atomic mass is 9.81. The minimum absolute atomic E-state index is 0.0448. The van der Waals surface area contributed by atoms with Crippen LogP contribution in [0.15, 0.2) is 158 Å². The molecule has 1 heterocycles. The van der Waals surface area contributed by atoms with Crippen molar-refractivity contribution in [1.82, 2.24) is 4.57 Å². The van der Waals surface area contributed by atoms with Crippen LogP contribution in [0.4, 0.5) is 17.1 Å². The molecule has 1 aromatic heterocycles. The van der Waals surface area contributed by atoms with Crippen LogP contribution in [0.1, 0.15) is 49.9 Å². The van der Waals surface area contributed by atoms with Gasteiger partial charge in [0, 0.05) is 38.7 Å². The molecule has 2 aliphatic carbocycles. The summed E-state index contributed by atoms with van der Waals surface area (Å²) in [7, 11) is 0. The summed E-state index contributed by atoms with van der Waals surface area (Å²) >= 11 is 0. The molecular weight excluding hydrogens is 605 g/mol. The molecule has 240 valence electrons. The van der Waals surface area contributed by atoms with Gasteiger partial charge in [-0.25, -0.2) is 0 Å². The van der Waals surface area contributed by atoms with Crippen LogP contribution in [-0.4, -0.2) is 4.57 Å². The van der Waals surface area contributed by atoms with Gasteiger partial charge < -0.3 is 9.47 Å². The van der Waals surface area contributed by atoms with Gasteiger partial charge in [-0.1, -0.05) is 131 Å². The smallest absolute Gasteiger partial charge is 0.0541 e. The second-order valence-electron chi connectivity index (χ2n) is 15.0. The number of anilines is 3. The summed E-state index contributed by atoms with van der Waals surface area (Å²) in [6.45, 7) is 9.47. The maximum absolute atomic E-state index is 2.50. The number of hydrogen-bond acceptors (Lipinski definition) is 1. The van der Waals surface area contributed by atoms with E-state index in [1.807, 2.05) is 0 Å². The fraction of sp³-hybridized carbons (Fsp3) is 0.125. The third-order valence-corrected chi connectivity index (χ3v) is 11.6. The molecule has 0 saturated heterocycles. The van der Waals surface area contributed by atoms with E-state index >= 15 is 0 Å². The van der Waals surface area contributed by atoms with Crippen molar-refractivity contribution in [2.24, 2.45) is 0 Å². The molecule has 7 aromatic carbocycles. The molecule has 0 atom stereocenters. The third-order valence-electron chi connectivity index (χ3n) is 11.6. The van der Waals surface area contributed by atoms with E-state index in [2.05, 4.69) is 195 Å². The Morgan fingerprint density at radius 2 is 0.940 bits per heavy atom. The van der Waals surface area contributed by atoms with Crippen LogP contribution in [0.3, 0.4) is 0 Å². The van der Waals surface area contributed by atoms with Crippen LogP contribution in [0.2, 0.25) is 0 Å². The molecule has 0 spiro atoms. The van der Waals surface area contributed by atoms with Gasteiger partial charge in [-0.05, 0) is 99.1 Å². The standard InChI is InChI=1S/C48H38N2/c1-47(2)40-19-9-6-15-35(40)39-30-33(28-29-42(39)47)49(45-23-13-18-38-34-14-5-10-20-41(34)48(3,4)46(38)45)31-24-26-32(27-25-31)50-43-21-11-7-16-36(43)37-17-8-12-22-44(37)50/h5-30H,1-4H3. The van der Waals surface area contributed by atoms with Gasteiger partial charge in [0.05, 0.1) is 16.7 Å². The lowest BCUT2D eigenvalue weighted by Gasteiger charge is -2.32. The highest BCUT2D eigenvalue weighted by molar-refractivity contribution is 6.09. The summed E-state index contributed by atoms with van der Waals surface area (Å²) in [5.74, 6) is 0. The Kier molecular flexibility index (Phi) is 6.01. The van der Waals surface area contributed by atoms with Crippen LogP contribution in [0.5, 0.6) is 0 Å². The number of nitrogens with zero attached hydrogens (tertiary/aromatic N) is 2. The van der Waals surface area contributed by atoms with E-state index < -0.39 is 0 Å². The van der Waals surface area contributed by atoms with Crippen molar-refractivity contribution in [3.63, 3.8) is 0 Å². The van der Waals surface area contributed by atoms with E-state index in [0.717, 1.165) is 11.4 Å². The lowest BCUT2D eigenvalue weighted by molar-refractivity contribution is 0.660. The van der Waals surface area contributed by atoms with Crippen molar-refractivity contribution in [3.05, 3.63) is 180 Å². The number of benzene rings is 7. The molecule has 8 aromatic rings. The van der Waals surface area contributed by atoms with Crippen LogP contribution in [-0.2, 0) is 10.8 Å². The monoisotopic (exact) mass is 642 g/mol. The molecule has 0 bridgehead atoms. The molecule has 10 rings (SSSR count). The first kappa shape index (κ1) is 29.1. The molecule has 0 unspecified atom stereocenters. The van der Waals surface area contributed by atoms with Crippen molar-refractivity contribution in [1.29, 1.82) is 0 Å². The Morgan fingerprint density at radius 1 is 0.420 bits per heavy atom. The fourth-order valence-corrected chi connectivity index (χ4v) is 9.23. The Labute approximate surface area is 293 Å². The lowest BCUT2D eigenvalue weighted by Crippen LogP contribution is -2.21. The largest absolute Gasteiger partial charge is 0.310 e. The second kappa shape index (κ2) is 10.3.